The number of carboxylic acid groups (broad SMARTS) is 2. The molecule has 0 amide bonds. The van der Waals surface area contributed by atoms with E-state index in [-0.39, 0.29) is 11.3 Å². The summed E-state index contributed by atoms with van der Waals surface area (Å²) in [7, 11) is 1.37. The molecule has 0 saturated heterocycles. The average Bonchev–Trinajstić information content (AvgIpc) is 2.71. The quantitative estimate of drug-likeness (QED) is 0.293. The first-order chi connectivity index (χ1) is 13.9. The molecular formula is C21H22O7S. The van der Waals surface area contributed by atoms with E-state index in [1.807, 2.05) is 0 Å². The Hall–Kier alpha value is -2.97. The number of hydrogen-bond acceptors (Lipinski definition) is 6. The van der Waals surface area contributed by atoms with Gasteiger partial charge in [-0.1, -0.05) is 24.3 Å². The third-order valence-electron chi connectivity index (χ3n) is 3.93. The largest absolute Gasteiger partial charge is 0.490 e. The van der Waals surface area contributed by atoms with Crippen LogP contribution in [0.25, 0.3) is 6.08 Å². The van der Waals surface area contributed by atoms with Gasteiger partial charge in [-0.25, -0.2) is 9.59 Å². The fourth-order valence-corrected chi connectivity index (χ4v) is 2.56. The normalized spacial score (nSPS) is 12.3. The number of benzene rings is 2. The first-order valence-corrected chi connectivity index (χ1v) is 9.18. The van der Waals surface area contributed by atoms with Crippen LogP contribution in [-0.4, -0.2) is 48.6 Å². The number of aliphatic carboxylic acids is 2. The maximum atomic E-state index is 11.0. The summed E-state index contributed by atoms with van der Waals surface area (Å²) in [5.74, 6) is -0.797. The number of rotatable bonds is 11. The van der Waals surface area contributed by atoms with E-state index in [0.717, 1.165) is 5.56 Å². The van der Waals surface area contributed by atoms with Gasteiger partial charge in [-0.15, -0.1) is 12.6 Å². The second kappa shape index (κ2) is 11.1. The molecule has 29 heavy (non-hydrogen) atoms. The number of carbonyl (C=O) groups is 2. The Kier molecular flexibility index (Phi) is 8.57. The molecule has 0 fully saturated rings. The number of carboxylic acids is 2. The summed E-state index contributed by atoms with van der Waals surface area (Å²) >= 11 is 3.88. The van der Waals surface area contributed by atoms with Gasteiger partial charge < -0.3 is 24.4 Å². The van der Waals surface area contributed by atoms with Crippen molar-refractivity contribution in [2.24, 2.45) is 0 Å². The van der Waals surface area contributed by atoms with Crippen LogP contribution in [0.3, 0.4) is 0 Å². The van der Waals surface area contributed by atoms with Gasteiger partial charge in [-0.05, 0) is 41.5 Å². The second-order valence-electron chi connectivity index (χ2n) is 6.01. The van der Waals surface area contributed by atoms with Gasteiger partial charge in [0.25, 0.3) is 0 Å². The number of thiol groups is 1. The molecule has 0 bridgehead atoms. The molecule has 0 spiro atoms. The molecule has 0 aliphatic heterocycles. The maximum absolute atomic E-state index is 11.0. The molecule has 2 aromatic rings. The van der Waals surface area contributed by atoms with Crippen LogP contribution >= 0.6 is 12.6 Å². The van der Waals surface area contributed by atoms with Crippen LogP contribution in [0.2, 0.25) is 0 Å². The van der Waals surface area contributed by atoms with E-state index in [1.165, 1.54) is 13.2 Å². The lowest BCUT2D eigenvalue weighted by molar-refractivity contribution is -0.148. The van der Waals surface area contributed by atoms with Crippen LogP contribution < -0.4 is 9.47 Å². The van der Waals surface area contributed by atoms with E-state index in [9.17, 15) is 9.59 Å². The maximum Gasteiger partial charge on any atom is 0.341 e. The van der Waals surface area contributed by atoms with Crippen LogP contribution in [0, 0.1) is 0 Å². The predicted octanol–water partition coefficient (Wildman–Crippen LogP) is 3.14. The minimum atomic E-state index is -1.08. The standard InChI is InChI=1S/C21H22O7S/c1-26-18(20(22)23)12-14-2-6-16(7-3-14)27-10-11-28-17-8-4-15(5-9-17)13-19(29)21(24)25/h2-9,13,18,29H,10-12H2,1H3,(H,22,23)(H,24,25). The molecule has 7 nitrogen and oxygen atoms in total. The molecule has 0 radical (unpaired) electrons. The van der Waals surface area contributed by atoms with Gasteiger partial charge in [-0.2, -0.15) is 0 Å². The molecule has 2 aromatic carbocycles. The molecular weight excluding hydrogens is 396 g/mol. The van der Waals surface area contributed by atoms with Crippen LogP contribution in [-0.2, 0) is 20.7 Å². The lowest BCUT2D eigenvalue weighted by atomic mass is 10.1. The van der Waals surface area contributed by atoms with Crippen molar-refractivity contribution in [1.29, 1.82) is 0 Å². The summed E-state index contributed by atoms with van der Waals surface area (Å²) in [6.07, 6.45) is 0.857. The molecule has 8 heteroatoms. The highest BCUT2D eigenvalue weighted by atomic mass is 32.1. The van der Waals surface area contributed by atoms with E-state index in [4.69, 9.17) is 24.4 Å². The first kappa shape index (κ1) is 22.3. The van der Waals surface area contributed by atoms with E-state index in [1.54, 1.807) is 48.5 Å². The van der Waals surface area contributed by atoms with Gasteiger partial charge in [0.15, 0.2) is 6.10 Å². The molecule has 0 aliphatic carbocycles. The summed E-state index contributed by atoms with van der Waals surface area (Å²) < 4.78 is 16.1. The minimum Gasteiger partial charge on any atom is -0.490 e. The van der Waals surface area contributed by atoms with E-state index < -0.39 is 18.0 Å². The van der Waals surface area contributed by atoms with Crippen molar-refractivity contribution < 1.29 is 34.0 Å². The van der Waals surface area contributed by atoms with Crippen LogP contribution in [0.1, 0.15) is 11.1 Å². The van der Waals surface area contributed by atoms with E-state index >= 15 is 0 Å². The van der Waals surface area contributed by atoms with Crippen molar-refractivity contribution in [2.45, 2.75) is 12.5 Å². The van der Waals surface area contributed by atoms with Crippen LogP contribution in [0.15, 0.2) is 53.4 Å². The zero-order valence-electron chi connectivity index (χ0n) is 15.8. The molecule has 0 aliphatic rings. The van der Waals surface area contributed by atoms with E-state index in [2.05, 4.69) is 12.6 Å². The fraction of sp³-hybridized carbons (Fsp3) is 0.238. The third kappa shape index (κ3) is 7.52. The smallest absolute Gasteiger partial charge is 0.341 e. The SMILES string of the molecule is COC(Cc1ccc(OCCOc2ccc(C=C(S)C(=O)O)cc2)cc1)C(=O)O. The van der Waals surface area contributed by atoms with Crippen LogP contribution in [0.5, 0.6) is 11.5 Å². The topological polar surface area (TPSA) is 102 Å². The summed E-state index contributed by atoms with van der Waals surface area (Å²) in [5, 5.41) is 17.8. The highest BCUT2D eigenvalue weighted by Crippen LogP contribution is 2.17. The Balaban J connectivity index is 1.77. The lowest BCUT2D eigenvalue weighted by Crippen LogP contribution is -2.24. The Labute approximate surface area is 173 Å². The van der Waals surface area contributed by atoms with E-state index in [0.29, 0.717) is 30.3 Å². The van der Waals surface area contributed by atoms with Gasteiger partial charge in [0.1, 0.15) is 24.7 Å². The van der Waals surface area contributed by atoms with Gasteiger partial charge >= 0.3 is 11.9 Å². The molecule has 0 aromatic heterocycles. The third-order valence-corrected chi connectivity index (χ3v) is 4.25. The highest BCUT2D eigenvalue weighted by Gasteiger charge is 2.16. The summed E-state index contributed by atoms with van der Waals surface area (Å²) in [6.45, 7) is 0.658. The van der Waals surface area contributed by atoms with Crippen molar-refractivity contribution in [3.8, 4) is 11.5 Å². The molecule has 0 saturated carbocycles. The molecule has 1 unspecified atom stereocenters. The van der Waals surface area contributed by atoms with Gasteiger partial charge in [0, 0.05) is 13.5 Å². The summed E-state index contributed by atoms with van der Waals surface area (Å²) in [4.78, 5) is 21.7. The Morgan fingerprint density at radius 2 is 1.48 bits per heavy atom. The number of ether oxygens (including phenoxy) is 3. The van der Waals surface area contributed by atoms with Gasteiger partial charge in [0.05, 0.1) is 4.91 Å². The molecule has 1 atom stereocenters. The van der Waals surface area contributed by atoms with Gasteiger partial charge in [0.2, 0.25) is 0 Å². The monoisotopic (exact) mass is 418 g/mol. The average molecular weight is 418 g/mol. The van der Waals surface area contributed by atoms with Crippen molar-refractivity contribution in [3.63, 3.8) is 0 Å². The second-order valence-corrected chi connectivity index (χ2v) is 6.49. The Morgan fingerprint density at radius 3 is 1.93 bits per heavy atom. The van der Waals surface area contributed by atoms with Gasteiger partial charge in [-0.3, -0.25) is 0 Å². The molecule has 0 heterocycles. The molecule has 154 valence electrons. The summed E-state index contributed by atoms with van der Waals surface area (Å²) in [5.41, 5.74) is 1.55. The summed E-state index contributed by atoms with van der Waals surface area (Å²) in [6, 6.07) is 14.1. The first-order valence-electron chi connectivity index (χ1n) is 8.73. The fourth-order valence-electron chi connectivity index (χ4n) is 2.41. The van der Waals surface area contributed by atoms with Crippen molar-refractivity contribution in [3.05, 3.63) is 64.6 Å². The number of hydrogen-bond donors (Lipinski definition) is 3. The Bertz CT molecular complexity index is 844. The number of methoxy groups -OCH3 is 1. The lowest BCUT2D eigenvalue weighted by Gasteiger charge is -2.11. The van der Waals surface area contributed by atoms with Crippen molar-refractivity contribution in [1.82, 2.24) is 0 Å². The predicted molar refractivity (Wildman–Crippen MR) is 111 cm³/mol. The minimum absolute atomic E-state index is 0.0428. The molecule has 2 N–H and O–H groups in total. The molecule has 2 rings (SSSR count). The van der Waals surface area contributed by atoms with Crippen molar-refractivity contribution >= 4 is 30.6 Å². The van der Waals surface area contributed by atoms with Crippen molar-refractivity contribution in [2.75, 3.05) is 20.3 Å². The Morgan fingerprint density at radius 1 is 0.966 bits per heavy atom. The van der Waals surface area contributed by atoms with Crippen LogP contribution in [0.4, 0.5) is 0 Å². The zero-order chi connectivity index (χ0) is 21.2. The highest BCUT2D eigenvalue weighted by molar-refractivity contribution is 7.85. The zero-order valence-corrected chi connectivity index (χ0v) is 16.7.